The van der Waals surface area contributed by atoms with Crippen molar-refractivity contribution in [1.82, 2.24) is 10.2 Å². The van der Waals surface area contributed by atoms with Crippen LogP contribution in [0.3, 0.4) is 0 Å². The third kappa shape index (κ3) is 7.31. The molecule has 0 fully saturated rings. The summed E-state index contributed by atoms with van der Waals surface area (Å²) in [5, 5.41) is 2.84. The Morgan fingerprint density at radius 3 is 2.11 bits per heavy atom. The van der Waals surface area contributed by atoms with E-state index in [1.54, 1.807) is 0 Å². The van der Waals surface area contributed by atoms with Crippen LogP contribution in [0.25, 0.3) is 0 Å². The number of nitrogens with one attached hydrogen (secondary N) is 1. The highest BCUT2D eigenvalue weighted by molar-refractivity contribution is 5.88. The van der Waals surface area contributed by atoms with Crippen LogP contribution in [-0.2, 0) is 9.59 Å². The minimum absolute atomic E-state index is 0.0216. The van der Waals surface area contributed by atoms with E-state index in [0.717, 1.165) is 19.5 Å². The van der Waals surface area contributed by atoms with Gasteiger partial charge in [-0.25, -0.2) is 0 Å². The van der Waals surface area contributed by atoms with Gasteiger partial charge in [0.25, 0.3) is 0 Å². The van der Waals surface area contributed by atoms with Crippen molar-refractivity contribution in [2.24, 2.45) is 11.8 Å². The number of likely N-dealkylation sites (N-methyl/N-ethyl adjacent to an activating group) is 1. The first-order chi connectivity index (χ1) is 8.81. The molecule has 0 rings (SSSR count). The Hall–Kier alpha value is -0.900. The van der Waals surface area contributed by atoms with Crippen molar-refractivity contribution in [3.63, 3.8) is 0 Å². The van der Waals surface area contributed by atoms with Crippen LogP contribution in [0, 0.1) is 11.8 Å². The lowest BCUT2D eigenvalue weighted by atomic mass is 10.0. The molecule has 0 heterocycles. The van der Waals surface area contributed by atoms with Crippen LogP contribution < -0.4 is 5.32 Å². The van der Waals surface area contributed by atoms with E-state index >= 15 is 0 Å². The summed E-state index contributed by atoms with van der Waals surface area (Å²) in [7, 11) is 0. The zero-order chi connectivity index (χ0) is 15.0. The van der Waals surface area contributed by atoms with Crippen molar-refractivity contribution in [3.8, 4) is 0 Å². The number of ketones is 1. The number of carbonyl (C=O) groups is 2. The molecule has 2 unspecified atom stereocenters. The Morgan fingerprint density at radius 2 is 1.74 bits per heavy atom. The maximum absolute atomic E-state index is 12.0. The van der Waals surface area contributed by atoms with Crippen LogP contribution in [0.2, 0.25) is 0 Å². The third-order valence-electron chi connectivity index (χ3n) is 3.50. The molecule has 0 saturated carbocycles. The van der Waals surface area contributed by atoms with Crippen molar-refractivity contribution in [3.05, 3.63) is 0 Å². The lowest BCUT2D eigenvalue weighted by Gasteiger charge is -2.25. The summed E-state index contributed by atoms with van der Waals surface area (Å²) in [6, 6.07) is -0.366. The van der Waals surface area contributed by atoms with Gasteiger partial charge in [-0.3, -0.25) is 14.5 Å². The number of amides is 1. The molecule has 4 nitrogen and oxygen atoms in total. The topological polar surface area (TPSA) is 49.4 Å². The average molecular weight is 270 g/mol. The first-order valence-corrected chi connectivity index (χ1v) is 7.33. The quantitative estimate of drug-likeness (QED) is 0.698. The summed E-state index contributed by atoms with van der Waals surface area (Å²) in [6.07, 6.45) is 1.11. The fraction of sp³-hybridized carbons (Fsp3) is 0.867. The second-order valence-electron chi connectivity index (χ2n) is 5.74. The lowest BCUT2D eigenvalue weighted by molar-refractivity contribution is -0.128. The van der Waals surface area contributed by atoms with E-state index in [-0.39, 0.29) is 23.7 Å². The van der Waals surface area contributed by atoms with E-state index in [1.807, 2.05) is 13.8 Å². The number of rotatable bonds is 9. The summed E-state index contributed by atoms with van der Waals surface area (Å²) in [6.45, 7) is 14.0. The summed E-state index contributed by atoms with van der Waals surface area (Å²) in [4.78, 5) is 25.6. The Balaban J connectivity index is 4.37. The maximum atomic E-state index is 12.0. The molecule has 0 aliphatic carbocycles. The maximum Gasteiger partial charge on any atom is 0.234 e. The Bertz CT molecular complexity index is 290. The van der Waals surface area contributed by atoms with Gasteiger partial charge in [-0.05, 0) is 25.3 Å². The van der Waals surface area contributed by atoms with E-state index in [9.17, 15) is 9.59 Å². The van der Waals surface area contributed by atoms with Gasteiger partial charge < -0.3 is 5.32 Å². The number of Topliss-reactive ketones (excluding diaryl/α,β-unsaturated/α-hetero) is 1. The van der Waals surface area contributed by atoms with Gasteiger partial charge >= 0.3 is 0 Å². The molecule has 0 aromatic heterocycles. The number of hydrogen-bond acceptors (Lipinski definition) is 3. The molecule has 2 atom stereocenters. The van der Waals surface area contributed by atoms with Crippen molar-refractivity contribution >= 4 is 11.7 Å². The average Bonchev–Trinajstić information content (AvgIpc) is 2.33. The van der Waals surface area contributed by atoms with E-state index in [2.05, 4.69) is 31.0 Å². The van der Waals surface area contributed by atoms with Gasteiger partial charge in [-0.2, -0.15) is 0 Å². The van der Waals surface area contributed by atoms with Crippen LogP contribution in [0.5, 0.6) is 0 Å². The predicted molar refractivity (Wildman–Crippen MR) is 79.0 cm³/mol. The second kappa shape index (κ2) is 9.08. The van der Waals surface area contributed by atoms with Gasteiger partial charge in [0.2, 0.25) is 5.91 Å². The second-order valence-corrected chi connectivity index (χ2v) is 5.74. The molecule has 0 spiro atoms. The van der Waals surface area contributed by atoms with Gasteiger partial charge in [0.05, 0.1) is 12.6 Å². The number of hydrogen-bond donors (Lipinski definition) is 1. The van der Waals surface area contributed by atoms with Gasteiger partial charge in [-0.15, -0.1) is 0 Å². The Kier molecular flexibility index (Phi) is 8.65. The van der Waals surface area contributed by atoms with E-state index in [0.29, 0.717) is 12.5 Å². The molecule has 19 heavy (non-hydrogen) atoms. The zero-order valence-electron chi connectivity index (χ0n) is 13.3. The van der Waals surface area contributed by atoms with Crippen LogP contribution in [0.1, 0.15) is 48.0 Å². The van der Waals surface area contributed by atoms with Crippen molar-refractivity contribution in [2.75, 3.05) is 19.6 Å². The molecule has 0 aromatic rings. The molecule has 0 saturated heterocycles. The summed E-state index contributed by atoms with van der Waals surface area (Å²) in [5.74, 6) is 0.680. The first kappa shape index (κ1) is 18.1. The Labute approximate surface area is 117 Å². The van der Waals surface area contributed by atoms with Gasteiger partial charge in [0, 0.05) is 6.54 Å². The molecule has 0 aromatic carbocycles. The van der Waals surface area contributed by atoms with Gasteiger partial charge in [0.1, 0.15) is 0 Å². The van der Waals surface area contributed by atoms with E-state index < -0.39 is 0 Å². The lowest BCUT2D eigenvalue weighted by Crippen LogP contribution is -2.47. The van der Waals surface area contributed by atoms with Gasteiger partial charge in [-0.1, -0.05) is 41.0 Å². The molecule has 1 N–H and O–H groups in total. The highest BCUT2D eigenvalue weighted by Gasteiger charge is 2.21. The van der Waals surface area contributed by atoms with Crippen LogP contribution in [0.4, 0.5) is 0 Å². The van der Waals surface area contributed by atoms with Crippen molar-refractivity contribution < 1.29 is 9.59 Å². The molecular formula is C15H30N2O2. The largest absolute Gasteiger partial charge is 0.345 e. The zero-order valence-corrected chi connectivity index (χ0v) is 13.3. The molecule has 0 bridgehead atoms. The SMILES string of the molecule is CCC(C)CN(CC)CC(=O)NC(C(C)=O)C(C)C. The van der Waals surface area contributed by atoms with E-state index in [1.165, 1.54) is 6.92 Å². The Morgan fingerprint density at radius 1 is 1.16 bits per heavy atom. The fourth-order valence-corrected chi connectivity index (χ4v) is 2.04. The first-order valence-electron chi connectivity index (χ1n) is 7.33. The van der Waals surface area contributed by atoms with Crippen molar-refractivity contribution in [1.29, 1.82) is 0 Å². The predicted octanol–water partition coefficient (Wildman–Crippen LogP) is 2.08. The standard InChI is InChI=1S/C15H30N2O2/c1-7-12(5)9-17(8-2)10-14(19)16-15(11(3)4)13(6)18/h11-12,15H,7-10H2,1-6H3,(H,16,19). The number of carbonyl (C=O) groups excluding carboxylic acids is 2. The van der Waals surface area contributed by atoms with Crippen molar-refractivity contribution in [2.45, 2.75) is 54.0 Å². The van der Waals surface area contributed by atoms with Gasteiger partial charge in [0.15, 0.2) is 5.78 Å². The summed E-state index contributed by atoms with van der Waals surface area (Å²) >= 11 is 0. The minimum atomic E-state index is -0.366. The highest BCUT2D eigenvalue weighted by Crippen LogP contribution is 2.05. The minimum Gasteiger partial charge on any atom is -0.345 e. The molecule has 0 aliphatic rings. The number of nitrogens with zero attached hydrogens (tertiary/aromatic N) is 1. The van der Waals surface area contributed by atoms with Crippen LogP contribution in [0.15, 0.2) is 0 Å². The smallest absolute Gasteiger partial charge is 0.234 e. The highest BCUT2D eigenvalue weighted by atomic mass is 16.2. The normalized spacial score (nSPS) is 14.5. The summed E-state index contributed by atoms with van der Waals surface area (Å²) in [5.41, 5.74) is 0. The molecule has 1 amide bonds. The molecule has 112 valence electrons. The third-order valence-corrected chi connectivity index (χ3v) is 3.50. The molecule has 4 heteroatoms. The van der Waals surface area contributed by atoms with Crippen LogP contribution in [-0.4, -0.2) is 42.3 Å². The van der Waals surface area contributed by atoms with E-state index in [4.69, 9.17) is 0 Å². The molecular weight excluding hydrogens is 240 g/mol. The molecule has 0 radical (unpaired) electrons. The monoisotopic (exact) mass is 270 g/mol. The fourth-order valence-electron chi connectivity index (χ4n) is 2.04. The molecule has 0 aliphatic heterocycles. The summed E-state index contributed by atoms with van der Waals surface area (Å²) < 4.78 is 0. The van der Waals surface area contributed by atoms with Crippen LogP contribution >= 0.6 is 0 Å².